The van der Waals surface area contributed by atoms with Gasteiger partial charge in [0.2, 0.25) is 0 Å². The molecule has 0 saturated carbocycles. The van der Waals surface area contributed by atoms with Gasteiger partial charge < -0.3 is 0 Å². The van der Waals surface area contributed by atoms with Gasteiger partial charge in [0.25, 0.3) is 0 Å². The summed E-state index contributed by atoms with van der Waals surface area (Å²) in [7, 11) is 0. The van der Waals surface area contributed by atoms with Crippen molar-refractivity contribution in [3.63, 3.8) is 0 Å². The molecule has 7 heteroatoms. The SMILES string of the molecule is FC(F)(F)c1cc2nc(Cl)ccn2n1. The average Bonchev–Trinajstić information content (AvgIpc) is 2.45. The van der Waals surface area contributed by atoms with Crippen LogP contribution in [0.5, 0.6) is 0 Å². The van der Waals surface area contributed by atoms with Gasteiger partial charge in [0, 0.05) is 12.3 Å². The summed E-state index contributed by atoms with van der Waals surface area (Å²) in [5.74, 6) is 0. The van der Waals surface area contributed by atoms with Crippen LogP contribution < -0.4 is 0 Å². The minimum atomic E-state index is -4.46. The Bertz CT molecular complexity index is 476. The van der Waals surface area contributed by atoms with E-state index in [1.54, 1.807) is 0 Å². The Morgan fingerprint density at radius 2 is 2.07 bits per heavy atom. The van der Waals surface area contributed by atoms with Crippen molar-refractivity contribution >= 4 is 17.2 Å². The van der Waals surface area contributed by atoms with E-state index in [4.69, 9.17) is 11.6 Å². The highest BCUT2D eigenvalue weighted by atomic mass is 35.5. The summed E-state index contributed by atoms with van der Waals surface area (Å²) in [4.78, 5) is 3.68. The first-order valence-electron chi connectivity index (χ1n) is 3.56. The Morgan fingerprint density at radius 1 is 1.36 bits per heavy atom. The molecular formula is C7H3ClF3N3. The maximum Gasteiger partial charge on any atom is 0.435 e. The molecule has 0 atom stereocenters. The predicted molar refractivity (Wildman–Crippen MR) is 43.0 cm³/mol. The molecule has 0 radical (unpaired) electrons. The number of hydrogen-bond acceptors (Lipinski definition) is 2. The largest absolute Gasteiger partial charge is 0.435 e. The van der Waals surface area contributed by atoms with E-state index in [2.05, 4.69) is 10.1 Å². The van der Waals surface area contributed by atoms with Crippen LogP contribution in [0.25, 0.3) is 5.65 Å². The Morgan fingerprint density at radius 3 is 2.71 bits per heavy atom. The van der Waals surface area contributed by atoms with Crippen LogP contribution in [0, 0.1) is 0 Å². The minimum absolute atomic E-state index is 0.0739. The van der Waals surface area contributed by atoms with Gasteiger partial charge >= 0.3 is 6.18 Å². The zero-order valence-electron chi connectivity index (χ0n) is 6.59. The molecule has 0 bridgehead atoms. The quantitative estimate of drug-likeness (QED) is 0.640. The van der Waals surface area contributed by atoms with Crippen molar-refractivity contribution in [1.29, 1.82) is 0 Å². The number of alkyl halides is 3. The van der Waals surface area contributed by atoms with Crippen LogP contribution in [0.3, 0.4) is 0 Å². The highest BCUT2D eigenvalue weighted by Crippen LogP contribution is 2.28. The molecule has 0 N–H and O–H groups in total. The molecule has 0 spiro atoms. The molecular weight excluding hydrogens is 219 g/mol. The van der Waals surface area contributed by atoms with Crippen molar-refractivity contribution in [2.24, 2.45) is 0 Å². The molecule has 0 aliphatic heterocycles. The zero-order valence-corrected chi connectivity index (χ0v) is 7.34. The summed E-state index contributed by atoms with van der Waals surface area (Å²) in [5, 5.41) is 3.43. The lowest BCUT2D eigenvalue weighted by Gasteiger charge is -1.98. The third kappa shape index (κ3) is 1.52. The first-order valence-corrected chi connectivity index (χ1v) is 3.94. The third-order valence-electron chi connectivity index (χ3n) is 1.58. The highest BCUT2D eigenvalue weighted by molar-refractivity contribution is 6.29. The molecule has 74 valence electrons. The van der Waals surface area contributed by atoms with Crippen LogP contribution in [-0.4, -0.2) is 14.6 Å². The number of aromatic nitrogens is 3. The van der Waals surface area contributed by atoms with Crippen molar-refractivity contribution in [3.8, 4) is 0 Å². The van der Waals surface area contributed by atoms with E-state index >= 15 is 0 Å². The number of hydrogen-bond donors (Lipinski definition) is 0. The van der Waals surface area contributed by atoms with Crippen molar-refractivity contribution in [1.82, 2.24) is 14.6 Å². The fraction of sp³-hybridized carbons (Fsp3) is 0.143. The minimum Gasteiger partial charge on any atom is -0.222 e. The van der Waals surface area contributed by atoms with Crippen molar-refractivity contribution in [2.45, 2.75) is 6.18 Å². The molecule has 0 aromatic carbocycles. The maximum atomic E-state index is 12.2. The van der Waals surface area contributed by atoms with E-state index < -0.39 is 11.9 Å². The molecule has 0 aliphatic rings. The Hall–Kier alpha value is -1.30. The molecule has 0 saturated heterocycles. The van der Waals surface area contributed by atoms with E-state index in [1.165, 1.54) is 12.3 Å². The van der Waals surface area contributed by atoms with Gasteiger partial charge in [-0.2, -0.15) is 18.3 Å². The molecule has 3 nitrogen and oxygen atoms in total. The standard InChI is InChI=1S/C7H3ClF3N3/c8-5-1-2-14-6(12-5)3-4(13-14)7(9,10)11/h1-3H. The molecule has 14 heavy (non-hydrogen) atoms. The van der Waals surface area contributed by atoms with Gasteiger partial charge in [-0.3, -0.25) is 0 Å². The van der Waals surface area contributed by atoms with Crippen LogP contribution >= 0.6 is 11.6 Å². The normalized spacial score (nSPS) is 12.3. The Labute approximate surface area is 81.1 Å². The van der Waals surface area contributed by atoms with Gasteiger partial charge in [-0.05, 0) is 6.07 Å². The Balaban J connectivity index is 2.63. The van der Waals surface area contributed by atoms with E-state index in [9.17, 15) is 13.2 Å². The smallest absolute Gasteiger partial charge is 0.222 e. The number of halogens is 4. The molecule has 2 heterocycles. The predicted octanol–water partition coefficient (Wildman–Crippen LogP) is 2.40. The zero-order chi connectivity index (χ0) is 10.3. The molecule has 0 fully saturated rings. The molecule has 2 aromatic heterocycles. The molecule has 2 rings (SSSR count). The van der Waals surface area contributed by atoms with Gasteiger partial charge in [-0.15, -0.1) is 0 Å². The monoisotopic (exact) mass is 221 g/mol. The van der Waals surface area contributed by atoms with Crippen molar-refractivity contribution in [2.75, 3.05) is 0 Å². The summed E-state index contributed by atoms with van der Waals surface area (Å²) >= 11 is 5.51. The third-order valence-corrected chi connectivity index (χ3v) is 1.79. The van der Waals surface area contributed by atoms with Crippen LogP contribution in [0.1, 0.15) is 5.69 Å². The molecule has 0 aliphatic carbocycles. The lowest BCUT2D eigenvalue weighted by Crippen LogP contribution is -2.05. The fourth-order valence-electron chi connectivity index (χ4n) is 0.995. The average molecular weight is 222 g/mol. The molecule has 2 aromatic rings. The second kappa shape index (κ2) is 2.84. The summed E-state index contributed by atoms with van der Waals surface area (Å²) in [6.45, 7) is 0. The second-order valence-electron chi connectivity index (χ2n) is 2.58. The van der Waals surface area contributed by atoms with E-state index in [1.807, 2.05) is 0 Å². The fourth-order valence-corrected chi connectivity index (χ4v) is 1.14. The van der Waals surface area contributed by atoms with Crippen LogP contribution in [-0.2, 0) is 6.18 Å². The van der Waals surface area contributed by atoms with E-state index in [-0.39, 0.29) is 10.8 Å². The second-order valence-corrected chi connectivity index (χ2v) is 2.97. The lowest BCUT2D eigenvalue weighted by molar-refractivity contribution is -0.141. The van der Waals surface area contributed by atoms with Crippen LogP contribution in [0.4, 0.5) is 13.2 Å². The highest BCUT2D eigenvalue weighted by Gasteiger charge is 2.34. The van der Waals surface area contributed by atoms with Gasteiger partial charge in [0.1, 0.15) is 5.15 Å². The maximum absolute atomic E-state index is 12.2. The van der Waals surface area contributed by atoms with Crippen molar-refractivity contribution in [3.05, 3.63) is 29.2 Å². The summed E-state index contributed by atoms with van der Waals surface area (Å²) in [6.07, 6.45) is -3.14. The van der Waals surface area contributed by atoms with Gasteiger partial charge in [-0.1, -0.05) is 11.6 Å². The molecule has 0 amide bonds. The topological polar surface area (TPSA) is 30.2 Å². The summed E-state index contributed by atoms with van der Waals surface area (Å²) < 4.78 is 37.6. The van der Waals surface area contributed by atoms with E-state index in [0.29, 0.717) is 0 Å². The molecule has 0 unspecified atom stereocenters. The lowest BCUT2D eigenvalue weighted by atomic mass is 10.4. The first-order chi connectivity index (χ1) is 6.47. The Kier molecular flexibility index (Phi) is 1.88. The number of nitrogens with zero attached hydrogens (tertiary/aromatic N) is 3. The van der Waals surface area contributed by atoms with Crippen LogP contribution in [0.2, 0.25) is 5.15 Å². The van der Waals surface area contributed by atoms with E-state index in [0.717, 1.165) is 10.6 Å². The van der Waals surface area contributed by atoms with Crippen LogP contribution in [0.15, 0.2) is 18.3 Å². The number of fused-ring (bicyclic) bond motifs is 1. The van der Waals surface area contributed by atoms with Gasteiger partial charge in [0.15, 0.2) is 11.3 Å². The van der Waals surface area contributed by atoms with Gasteiger partial charge in [-0.25, -0.2) is 9.50 Å². The number of rotatable bonds is 0. The summed E-state index contributed by atoms with van der Waals surface area (Å²) in [5.41, 5.74) is -0.905. The first kappa shape index (κ1) is 9.26. The van der Waals surface area contributed by atoms with Crippen molar-refractivity contribution < 1.29 is 13.2 Å². The van der Waals surface area contributed by atoms with Gasteiger partial charge in [0.05, 0.1) is 0 Å². The summed E-state index contributed by atoms with van der Waals surface area (Å²) in [6, 6.07) is 2.20.